The second-order valence-corrected chi connectivity index (χ2v) is 4.82. The number of nitro benzene ring substituents is 1. The Kier molecular flexibility index (Phi) is 4.09. The van der Waals surface area contributed by atoms with Gasteiger partial charge >= 0.3 is 5.97 Å². The molecule has 1 aliphatic rings. The lowest BCUT2D eigenvalue weighted by molar-refractivity contribution is -0.385. The summed E-state index contributed by atoms with van der Waals surface area (Å²) >= 11 is 0. The molecule has 0 radical (unpaired) electrons. The molecule has 23 heavy (non-hydrogen) atoms. The molecular weight excluding hydrogens is 302 g/mol. The minimum atomic E-state index is -0.583. The smallest absolute Gasteiger partial charge is 0.338 e. The number of rotatable bonds is 4. The number of esters is 1. The number of ether oxygens (including phenoxy) is 3. The van der Waals surface area contributed by atoms with Gasteiger partial charge in [0.15, 0.2) is 11.5 Å². The molecule has 1 aliphatic heterocycles. The standard InChI is InChI=1S/C16H13NO6/c18-16(11-5-6-14-15(9-11)22-8-7-21-14)23-10-12-3-1-2-4-13(12)17(19)20/h1-6,9H,7-8,10H2. The summed E-state index contributed by atoms with van der Waals surface area (Å²) in [7, 11) is 0. The number of fused-ring (bicyclic) bond motifs is 1. The summed E-state index contributed by atoms with van der Waals surface area (Å²) in [5, 5.41) is 10.9. The molecule has 7 nitrogen and oxygen atoms in total. The highest BCUT2D eigenvalue weighted by Gasteiger charge is 2.18. The van der Waals surface area contributed by atoms with E-state index in [1.807, 2.05) is 0 Å². The molecule has 0 saturated heterocycles. The zero-order chi connectivity index (χ0) is 16.2. The molecule has 0 N–H and O–H groups in total. The summed E-state index contributed by atoms with van der Waals surface area (Å²) in [4.78, 5) is 22.5. The molecule has 2 aromatic carbocycles. The Labute approximate surface area is 131 Å². The van der Waals surface area contributed by atoms with Crippen molar-refractivity contribution in [3.63, 3.8) is 0 Å². The van der Waals surface area contributed by atoms with Crippen LogP contribution in [0.2, 0.25) is 0 Å². The normalized spacial score (nSPS) is 12.5. The van der Waals surface area contributed by atoms with E-state index < -0.39 is 10.9 Å². The molecule has 0 amide bonds. The molecule has 0 spiro atoms. The van der Waals surface area contributed by atoms with Gasteiger partial charge in [-0.25, -0.2) is 4.79 Å². The van der Waals surface area contributed by atoms with Gasteiger partial charge in [-0.2, -0.15) is 0 Å². The van der Waals surface area contributed by atoms with Gasteiger partial charge in [0.1, 0.15) is 19.8 Å². The van der Waals surface area contributed by atoms with Gasteiger partial charge in [0.2, 0.25) is 0 Å². The molecule has 1 heterocycles. The van der Waals surface area contributed by atoms with Crippen molar-refractivity contribution in [2.75, 3.05) is 13.2 Å². The van der Waals surface area contributed by atoms with E-state index in [0.717, 1.165) is 0 Å². The lowest BCUT2D eigenvalue weighted by Gasteiger charge is -2.18. The van der Waals surface area contributed by atoms with Crippen molar-refractivity contribution < 1.29 is 23.9 Å². The number of benzene rings is 2. The van der Waals surface area contributed by atoms with Crippen molar-refractivity contribution in [1.29, 1.82) is 0 Å². The van der Waals surface area contributed by atoms with Crippen molar-refractivity contribution >= 4 is 11.7 Å². The molecule has 3 rings (SSSR count). The molecule has 7 heteroatoms. The van der Waals surface area contributed by atoms with Crippen LogP contribution in [0.15, 0.2) is 42.5 Å². The first-order valence-electron chi connectivity index (χ1n) is 6.94. The van der Waals surface area contributed by atoms with E-state index in [0.29, 0.717) is 35.8 Å². The maximum Gasteiger partial charge on any atom is 0.338 e. The van der Waals surface area contributed by atoms with Crippen LogP contribution >= 0.6 is 0 Å². The third-order valence-corrected chi connectivity index (χ3v) is 3.32. The van der Waals surface area contributed by atoms with E-state index in [1.165, 1.54) is 12.1 Å². The Morgan fingerprint density at radius 3 is 2.65 bits per heavy atom. The number of hydrogen-bond acceptors (Lipinski definition) is 6. The number of carbonyl (C=O) groups is 1. The lowest BCUT2D eigenvalue weighted by Crippen LogP contribution is -2.16. The highest BCUT2D eigenvalue weighted by atomic mass is 16.6. The summed E-state index contributed by atoms with van der Waals surface area (Å²) in [6, 6.07) is 10.9. The van der Waals surface area contributed by atoms with Crippen LogP contribution in [0, 0.1) is 10.1 Å². The second-order valence-electron chi connectivity index (χ2n) is 4.82. The molecule has 0 atom stereocenters. The number of para-hydroxylation sites is 1. The van der Waals surface area contributed by atoms with Gasteiger partial charge in [0, 0.05) is 6.07 Å². The molecule has 2 aromatic rings. The average molecular weight is 315 g/mol. The Bertz CT molecular complexity index is 758. The maximum atomic E-state index is 12.1. The van der Waals surface area contributed by atoms with Crippen LogP contribution in [-0.2, 0) is 11.3 Å². The van der Waals surface area contributed by atoms with E-state index in [4.69, 9.17) is 14.2 Å². The van der Waals surface area contributed by atoms with E-state index in [-0.39, 0.29) is 12.3 Å². The summed E-state index contributed by atoms with van der Waals surface area (Å²) in [5.41, 5.74) is 0.554. The van der Waals surface area contributed by atoms with Crippen LogP contribution in [0.1, 0.15) is 15.9 Å². The maximum absolute atomic E-state index is 12.1. The first kappa shape index (κ1) is 14.8. The van der Waals surface area contributed by atoms with Gasteiger partial charge in [-0.05, 0) is 24.3 Å². The fourth-order valence-electron chi connectivity index (χ4n) is 2.21. The van der Waals surface area contributed by atoms with E-state index >= 15 is 0 Å². The number of nitro groups is 1. The topological polar surface area (TPSA) is 87.9 Å². The fraction of sp³-hybridized carbons (Fsp3) is 0.188. The highest BCUT2D eigenvalue weighted by molar-refractivity contribution is 5.90. The van der Waals surface area contributed by atoms with Gasteiger partial charge in [-0.15, -0.1) is 0 Å². The first-order valence-corrected chi connectivity index (χ1v) is 6.94. The van der Waals surface area contributed by atoms with Gasteiger partial charge in [0.05, 0.1) is 16.1 Å². The Balaban J connectivity index is 1.72. The molecule has 0 bridgehead atoms. The van der Waals surface area contributed by atoms with Crippen molar-refractivity contribution in [2.45, 2.75) is 6.61 Å². The molecule has 0 fully saturated rings. The predicted molar refractivity (Wildman–Crippen MR) is 79.6 cm³/mol. The Morgan fingerprint density at radius 2 is 1.87 bits per heavy atom. The van der Waals surface area contributed by atoms with Gasteiger partial charge in [-0.3, -0.25) is 10.1 Å². The summed E-state index contributed by atoms with van der Waals surface area (Å²) in [5.74, 6) is 0.475. The molecule has 0 saturated carbocycles. The van der Waals surface area contributed by atoms with Crippen LogP contribution in [0.4, 0.5) is 5.69 Å². The predicted octanol–water partition coefficient (Wildman–Crippen LogP) is 2.72. The largest absolute Gasteiger partial charge is 0.486 e. The fourth-order valence-corrected chi connectivity index (χ4v) is 2.21. The quantitative estimate of drug-likeness (QED) is 0.490. The van der Waals surface area contributed by atoms with Crippen molar-refractivity contribution in [2.24, 2.45) is 0 Å². The lowest BCUT2D eigenvalue weighted by atomic mass is 10.2. The highest BCUT2D eigenvalue weighted by Crippen LogP contribution is 2.31. The minimum absolute atomic E-state index is 0.0810. The molecule has 118 valence electrons. The van der Waals surface area contributed by atoms with Crippen molar-refractivity contribution in [3.8, 4) is 11.5 Å². The van der Waals surface area contributed by atoms with Crippen LogP contribution in [0.5, 0.6) is 11.5 Å². The molecular formula is C16H13NO6. The van der Waals surface area contributed by atoms with Crippen LogP contribution in [-0.4, -0.2) is 24.1 Å². The first-order chi connectivity index (χ1) is 11.1. The summed E-state index contributed by atoms with van der Waals surface area (Å²) in [6.07, 6.45) is 0. The number of hydrogen-bond donors (Lipinski definition) is 0. The summed E-state index contributed by atoms with van der Waals surface area (Å²) in [6.45, 7) is 0.709. The molecule has 0 aromatic heterocycles. The third kappa shape index (κ3) is 3.23. The monoisotopic (exact) mass is 315 g/mol. The molecule has 0 aliphatic carbocycles. The van der Waals surface area contributed by atoms with Crippen molar-refractivity contribution in [1.82, 2.24) is 0 Å². The van der Waals surface area contributed by atoms with Crippen LogP contribution in [0.3, 0.4) is 0 Å². The SMILES string of the molecule is O=C(OCc1ccccc1[N+](=O)[O-])c1ccc2c(c1)OCCO2. The van der Waals surface area contributed by atoms with E-state index in [9.17, 15) is 14.9 Å². The van der Waals surface area contributed by atoms with E-state index in [1.54, 1.807) is 30.3 Å². The Morgan fingerprint density at radius 1 is 1.13 bits per heavy atom. The minimum Gasteiger partial charge on any atom is -0.486 e. The second kappa shape index (κ2) is 6.35. The van der Waals surface area contributed by atoms with Crippen LogP contribution in [0.25, 0.3) is 0 Å². The van der Waals surface area contributed by atoms with Gasteiger partial charge in [0.25, 0.3) is 5.69 Å². The van der Waals surface area contributed by atoms with Gasteiger partial charge in [-0.1, -0.05) is 12.1 Å². The average Bonchev–Trinajstić information content (AvgIpc) is 2.59. The van der Waals surface area contributed by atoms with Gasteiger partial charge < -0.3 is 14.2 Å². The Hall–Kier alpha value is -3.09. The number of carbonyl (C=O) groups excluding carboxylic acids is 1. The zero-order valence-corrected chi connectivity index (χ0v) is 12.1. The van der Waals surface area contributed by atoms with E-state index in [2.05, 4.69) is 0 Å². The third-order valence-electron chi connectivity index (χ3n) is 3.32. The zero-order valence-electron chi connectivity index (χ0n) is 12.1. The number of nitrogens with zero attached hydrogens (tertiary/aromatic N) is 1. The molecule has 0 unspecified atom stereocenters. The van der Waals surface area contributed by atoms with Crippen LogP contribution < -0.4 is 9.47 Å². The van der Waals surface area contributed by atoms with Crippen molar-refractivity contribution in [3.05, 3.63) is 63.7 Å². The summed E-state index contributed by atoms with van der Waals surface area (Å²) < 4.78 is 15.9.